The second-order valence-corrected chi connectivity index (χ2v) is 6.34. The van der Waals surface area contributed by atoms with E-state index >= 15 is 0 Å². The second kappa shape index (κ2) is 8.60. The van der Waals surface area contributed by atoms with Crippen LogP contribution in [0.15, 0.2) is 40.9 Å². The summed E-state index contributed by atoms with van der Waals surface area (Å²) in [6.45, 7) is 3.20. The first kappa shape index (κ1) is 18.8. The molecule has 0 radical (unpaired) electrons. The number of nitriles is 1. The van der Waals surface area contributed by atoms with Gasteiger partial charge in [0.25, 0.3) is 0 Å². The fourth-order valence-electron chi connectivity index (χ4n) is 2.46. The number of halogens is 1. The summed E-state index contributed by atoms with van der Waals surface area (Å²) in [4.78, 5) is 12.2. The van der Waals surface area contributed by atoms with Crippen molar-refractivity contribution in [3.63, 3.8) is 0 Å². The lowest BCUT2D eigenvalue weighted by Crippen LogP contribution is -2.15. The Morgan fingerprint density at radius 3 is 2.78 bits per heavy atom. The van der Waals surface area contributed by atoms with Crippen LogP contribution < -0.4 is 18.9 Å². The molecule has 0 fully saturated rings. The quantitative estimate of drug-likeness (QED) is 0.404. The molecule has 0 saturated carbocycles. The standard InChI is InChI=1S/C20H16BrNO5/c1-2-24-18-11-14(12-22)9-15(21)20(18)27-19(23)6-4-13-3-5-16-17(10-13)26-8-7-25-16/h3-6,9-11H,2,7-8H2,1H3/b6-4+. The van der Waals surface area contributed by atoms with E-state index in [0.717, 1.165) is 5.56 Å². The third-order valence-corrected chi connectivity index (χ3v) is 4.21. The maximum Gasteiger partial charge on any atom is 0.336 e. The third kappa shape index (κ3) is 4.60. The van der Waals surface area contributed by atoms with Crippen molar-refractivity contribution in [1.29, 1.82) is 5.26 Å². The molecule has 1 aliphatic heterocycles. The summed E-state index contributed by atoms with van der Waals surface area (Å²) in [5.74, 6) is 1.31. The van der Waals surface area contributed by atoms with Crippen LogP contribution in [-0.2, 0) is 4.79 Å². The Labute approximate surface area is 165 Å². The molecule has 138 valence electrons. The van der Waals surface area contributed by atoms with Crippen LogP contribution in [0.25, 0.3) is 6.08 Å². The van der Waals surface area contributed by atoms with E-state index in [1.807, 2.05) is 12.1 Å². The zero-order valence-corrected chi connectivity index (χ0v) is 16.1. The molecule has 6 nitrogen and oxygen atoms in total. The van der Waals surface area contributed by atoms with Crippen molar-refractivity contribution in [2.45, 2.75) is 6.92 Å². The van der Waals surface area contributed by atoms with Gasteiger partial charge in [-0.05, 0) is 52.7 Å². The Balaban J connectivity index is 1.76. The maximum absolute atomic E-state index is 12.2. The van der Waals surface area contributed by atoms with Crippen LogP contribution in [-0.4, -0.2) is 25.8 Å². The van der Waals surface area contributed by atoms with Crippen molar-refractivity contribution in [3.8, 4) is 29.1 Å². The topological polar surface area (TPSA) is 77.8 Å². The first-order valence-electron chi connectivity index (χ1n) is 8.26. The minimum absolute atomic E-state index is 0.229. The molecule has 1 heterocycles. The van der Waals surface area contributed by atoms with Gasteiger partial charge in [-0.25, -0.2) is 4.79 Å². The van der Waals surface area contributed by atoms with E-state index in [1.54, 1.807) is 31.2 Å². The molecule has 2 aromatic carbocycles. The number of fused-ring (bicyclic) bond motifs is 1. The molecule has 7 heteroatoms. The smallest absolute Gasteiger partial charge is 0.336 e. The molecule has 0 bridgehead atoms. The van der Waals surface area contributed by atoms with E-state index < -0.39 is 5.97 Å². The molecule has 0 aliphatic carbocycles. The average Bonchev–Trinajstić information content (AvgIpc) is 2.68. The van der Waals surface area contributed by atoms with Crippen LogP contribution in [0, 0.1) is 11.3 Å². The highest BCUT2D eigenvalue weighted by atomic mass is 79.9. The lowest BCUT2D eigenvalue weighted by Gasteiger charge is -2.18. The van der Waals surface area contributed by atoms with Crippen molar-refractivity contribution in [3.05, 3.63) is 52.0 Å². The molecule has 0 N–H and O–H groups in total. The Morgan fingerprint density at radius 1 is 1.26 bits per heavy atom. The fraction of sp³-hybridized carbons (Fsp3) is 0.200. The van der Waals surface area contributed by atoms with Gasteiger partial charge >= 0.3 is 5.97 Å². The summed E-state index contributed by atoms with van der Waals surface area (Å²) in [5.41, 5.74) is 1.18. The van der Waals surface area contributed by atoms with Crippen LogP contribution in [0.1, 0.15) is 18.1 Å². The van der Waals surface area contributed by atoms with Crippen LogP contribution in [0.5, 0.6) is 23.0 Å². The molecule has 2 aromatic rings. The van der Waals surface area contributed by atoms with E-state index in [-0.39, 0.29) is 5.75 Å². The van der Waals surface area contributed by atoms with Gasteiger partial charge in [0.05, 0.1) is 22.7 Å². The Hall–Kier alpha value is -2.98. The molecular formula is C20H16BrNO5. The van der Waals surface area contributed by atoms with Crippen molar-refractivity contribution in [2.75, 3.05) is 19.8 Å². The number of carbonyl (C=O) groups is 1. The number of ether oxygens (including phenoxy) is 4. The van der Waals surface area contributed by atoms with Crippen LogP contribution >= 0.6 is 15.9 Å². The van der Waals surface area contributed by atoms with Crippen molar-refractivity contribution < 1.29 is 23.7 Å². The van der Waals surface area contributed by atoms with Gasteiger partial charge in [0.1, 0.15) is 13.2 Å². The van der Waals surface area contributed by atoms with Gasteiger partial charge in [-0.3, -0.25) is 0 Å². The van der Waals surface area contributed by atoms with Crippen LogP contribution in [0.3, 0.4) is 0 Å². The van der Waals surface area contributed by atoms with E-state index in [0.29, 0.717) is 47.1 Å². The number of nitrogens with zero attached hydrogens (tertiary/aromatic N) is 1. The van der Waals surface area contributed by atoms with Gasteiger partial charge in [0.2, 0.25) is 0 Å². The predicted molar refractivity (Wildman–Crippen MR) is 102 cm³/mol. The molecule has 0 unspecified atom stereocenters. The molecule has 0 saturated heterocycles. The third-order valence-electron chi connectivity index (χ3n) is 3.62. The summed E-state index contributed by atoms with van der Waals surface area (Å²) in [5, 5.41) is 9.06. The summed E-state index contributed by atoms with van der Waals surface area (Å²) in [6.07, 6.45) is 2.93. The molecule has 0 spiro atoms. The molecule has 27 heavy (non-hydrogen) atoms. The van der Waals surface area contributed by atoms with E-state index in [2.05, 4.69) is 15.9 Å². The Bertz CT molecular complexity index is 933. The first-order chi connectivity index (χ1) is 13.1. The zero-order chi connectivity index (χ0) is 19.2. The molecule has 0 aromatic heterocycles. The Kier molecular flexibility index (Phi) is 5.99. The van der Waals surface area contributed by atoms with E-state index in [9.17, 15) is 4.79 Å². The lowest BCUT2D eigenvalue weighted by atomic mass is 10.2. The number of hydrogen-bond donors (Lipinski definition) is 0. The minimum atomic E-state index is -0.573. The highest BCUT2D eigenvalue weighted by Crippen LogP contribution is 2.37. The summed E-state index contributed by atoms with van der Waals surface area (Å²) < 4.78 is 22.3. The molecule has 0 atom stereocenters. The van der Waals surface area contributed by atoms with Gasteiger partial charge in [0, 0.05) is 12.1 Å². The number of carbonyl (C=O) groups excluding carboxylic acids is 1. The van der Waals surface area contributed by atoms with Gasteiger partial charge in [-0.1, -0.05) is 6.07 Å². The normalized spacial score (nSPS) is 12.5. The minimum Gasteiger partial charge on any atom is -0.490 e. The van der Waals surface area contributed by atoms with Crippen molar-refractivity contribution >= 4 is 28.0 Å². The molecular weight excluding hydrogens is 414 g/mol. The molecule has 1 aliphatic rings. The predicted octanol–water partition coefficient (Wildman–Crippen LogP) is 4.11. The second-order valence-electron chi connectivity index (χ2n) is 5.49. The SMILES string of the molecule is CCOc1cc(C#N)cc(Br)c1OC(=O)/C=C/c1ccc2c(c1)OCCO2. The highest BCUT2D eigenvalue weighted by Gasteiger charge is 2.15. The average molecular weight is 430 g/mol. The number of hydrogen-bond acceptors (Lipinski definition) is 6. The van der Waals surface area contributed by atoms with Crippen molar-refractivity contribution in [1.82, 2.24) is 0 Å². The van der Waals surface area contributed by atoms with Gasteiger partial charge in [-0.2, -0.15) is 5.26 Å². The number of rotatable bonds is 5. The van der Waals surface area contributed by atoms with Gasteiger partial charge in [0.15, 0.2) is 23.0 Å². The highest BCUT2D eigenvalue weighted by molar-refractivity contribution is 9.10. The molecule has 3 rings (SSSR count). The zero-order valence-electron chi connectivity index (χ0n) is 14.5. The first-order valence-corrected chi connectivity index (χ1v) is 9.06. The Morgan fingerprint density at radius 2 is 2.04 bits per heavy atom. The largest absolute Gasteiger partial charge is 0.490 e. The number of esters is 1. The molecule has 0 amide bonds. The van der Waals surface area contributed by atoms with Crippen molar-refractivity contribution in [2.24, 2.45) is 0 Å². The van der Waals surface area contributed by atoms with Crippen LogP contribution in [0.4, 0.5) is 0 Å². The summed E-state index contributed by atoms with van der Waals surface area (Å²) in [6, 6.07) is 10.5. The van der Waals surface area contributed by atoms with E-state index in [1.165, 1.54) is 12.1 Å². The van der Waals surface area contributed by atoms with Gasteiger partial charge in [-0.15, -0.1) is 0 Å². The summed E-state index contributed by atoms with van der Waals surface area (Å²) in [7, 11) is 0. The monoisotopic (exact) mass is 429 g/mol. The number of benzene rings is 2. The summed E-state index contributed by atoms with van der Waals surface area (Å²) >= 11 is 3.31. The lowest BCUT2D eigenvalue weighted by molar-refractivity contribution is -0.129. The van der Waals surface area contributed by atoms with Crippen LogP contribution in [0.2, 0.25) is 0 Å². The maximum atomic E-state index is 12.2. The fourth-order valence-corrected chi connectivity index (χ4v) is 2.98. The van der Waals surface area contributed by atoms with Gasteiger partial charge < -0.3 is 18.9 Å². The van der Waals surface area contributed by atoms with E-state index in [4.69, 9.17) is 24.2 Å².